The van der Waals surface area contributed by atoms with Crippen molar-refractivity contribution in [2.45, 2.75) is 6.92 Å². The number of nitriles is 1. The number of rotatable bonds is 2. The van der Waals surface area contributed by atoms with Gasteiger partial charge in [-0.25, -0.2) is 0 Å². The minimum absolute atomic E-state index is 0.581. The molecule has 3 nitrogen and oxygen atoms in total. The Hall–Kier alpha value is -2.34. The number of aryl methyl sites for hydroxylation is 1. The van der Waals surface area contributed by atoms with Crippen LogP contribution in [0.25, 0.3) is 0 Å². The molecule has 0 aliphatic carbocycles. The fourth-order valence-electron chi connectivity index (χ4n) is 1.28. The van der Waals surface area contributed by atoms with Gasteiger partial charge in [0.15, 0.2) is 0 Å². The fourth-order valence-corrected chi connectivity index (χ4v) is 1.28. The molecule has 0 saturated carbocycles. The van der Waals surface area contributed by atoms with Gasteiger partial charge in [0.25, 0.3) is 0 Å². The van der Waals surface area contributed by atoms with Gasteiger partial charge in [0.05, 0.1) is 17.8 Å². The summed E-state index contributed by atoms with van der Waals surface area (Å²) in [6.07, 6.45) is 1.66. The molecule has 78 valence electrons. The molecule has 0 fully saturated rings. The van der Waals surface area contributed by atoms with Crippen LogP contribution in [0.4, 0.5) is 0 Å². The first kappa shape index (κ1) is 10.2. The van der Waals surface area contributed by atoms with Crippen molar-refractivity contribution >= 4 is 0 Å². The average molecular weight is 210 g/mol. The third kappa shape index (κ3) is 2.37. The van der Waals surface area contributed by atoms with Gasteiger partial charge in [0, 0.05) is 5.69 Å². The Kier molecular flexibility index (Phi) is 2.84. The molecule has 0 N–H and O–H groups in total. The van der Waals surface area contributed by atoms with Gasteiger partial charge in [-0.3, -0.25) is 4.98 Å². The summed E-state index contributed by atoms with van der Waals surface area (Å²) in [6, 6.07) is 12.8. The molecule has 0 saturated heterocycles. The summed E-state index contributed by atoms with van der Waals surface area (Å²) in [6.45, 7) is 1.92. The van der Waals surface area contributed by atoms with E-state index in [1.807, 2.05) is 19.1 Å². The van der Waals surface area contributed by atoms with Crippen LogP contribution in [0.1, 0.15) is 11.3 Å². The molecular weight excluding hydrogens is 200 g/mol. The van der Waals surface area contributed by atoms with E-state index in [9.17, 15) is 0 Å². The summed E-state index contributed by atoms with van der Waals surface area (Å²) >= 11 is 0. The van der Waals surface area contributed by atoms with Crippen LogP contribution >= 0.6 is 0 Å². The molecule has 1 heterocycles. The largest absolute Gasteiger partial charge is 0.456 e. The molecule has 0 aliphatic heterocycles. The van der Waals surface area contributed by atoms with Gasteiger partial charge < -0.3 is 4.74 Å². The molecule has 0 aliphatic rings. The summed E-state index contributed by atoms with van der Waals surface area (Å²) in [5, 5.41) is 8.75. The van der Waals surface area contributed by atoms with E-state index in [0.717, 1.165) is 5.69 Å². The maximum Gasteiger partial charge on any atom is 0.145 e. The van der Waals surface area contributed by atoms with Gasteiger partial charge in [-0.05, 0) is 37.3 Å². The zero-order chi connectivity index (χ0) is 11.4. The van der Waals surface area contributed by atoms with E-state index in [-0.39, 0.29) is 0 Å². The van der Waals surface area contributed by atoms with Crippen LogP contribution in [0.15, 0.2) is 42.6 Å². The molecule has 3 heteroatoms. The van der Waals surface area contributed by atoms with Gasteiger partial charge in [0.2, 0.25) is 0 Å². The van der Waals surface area contributed by atoms with Crippen LogP contribution in [-0.4, -0.2) is 4.98 Å². The van der Waals surface area contributed by atoms with Gasteiger partial charge in [-0.15, -0.1) is 0 Å². The number of nitrogens with zero attached hydrogens (tertiary/aromatic N) is 2. The smallest absolute Gasteiger partial charge is 0.145 e. The minimum Gasteiger partial charge on any atom is -0.456 e. The van der Waals surface area contributed by atoms with Crippen molar-refractivity contribution < 1.29 is 4.74 Å². The second kappa shape index (κ2) is 4.45. The van der Waals surface area contributed by atoms with Crippen molar-refractivity contribution in [3.05, 3.63) is 53.9 Å². The lowest BCUT2D eigenvalue weighted by molar-refractivity contribution is 0.480. The van der Waals surface area contributed by atoms with Crippen molar-refractivity contribution in [1.29, 1.82) is 5.26 Å². The van der Waals surface area contributed by atoms with Gasteiger partial charge >= 0.3 is 0 Å². The predicted octanol–water partition coefficient (Wildman–Crippen LogP) is 3.05. The monoisotopic (exact) mass is 210 g/mol. The zero-order valence-electron chi connectivity index (χ0n) is 8.84. The number of benzene rings is 1. The molecule has 0 unspecified atom stereocenters. The lowest BCUT2D eigenvalue weighted by Gasteiger charge is -2.05. The van der Waals surface area contributed by atoms with Crippen molar-refractivity contribution in [3.63, 3.8) is 0 Å². The molecule has 0 radical (unpaired) electrons. The third-order valence-electron chi connectivity index (χ3n) is 2.08. The highest BCUT2D eigenvalue weighted by Gasteiger charge is 1.98. The Morgan fingerprint density at radius 3 is 2.75 bits per heavy atom. The van der Waals surface area contributed by atoms with Crippen LogP contribution in [0.3, 0.4) is 0 Å². The third-order valence-corrected chi connectivity index (χ3v) is 2.08. The predicted molar refractivity (Wildman–Crippen MR) is 60.2 cm³/mol. The SMILES string of the molecule is Cc1ccc(Oc2cccc(C#N)c2)cn1. The summed E-state index contributed by atoms with van der Waals surface area (Å²) in [5.74, 6) is 1.31. The number of aromatic nitrogens is 1. The second-order valence-electron chi connectivity index (χ2n) is 3.38. The quantitative estimate of drug-likeness (QED) is 0.765. The molecule has 2 aromatic rings. The van der Waals surface area contributed by atoms with Gasteiger partial charge in [0.1, 0.15) is 11.5 Å². The number of hydrogen-bond acceptors (Lipinski definition) is 3. The molecule has 16 heavy (non-hydrogen) atoms. The molecule has 1 aromatic carbocycles. The lowest BCUT2D eigenvalue weighted by Crippen LogP contribution is -1.87. The highest BCUT2D eigenvalue weighted by molar-refractivity contribution is 5.38. The van der Waals surface area contributed by atoms with E-state index in [1.165, 1.54) is 0 Å². The van der Waals surface area contributed by atoms with E-state index < -0.39 is 0 Å². The molecule has 0 bridgehead atoms. The highest BCUT2D eigenvalue weighted by atomic mass is 16.5. The summed E-state index contributed by atoms with van der Waals surface area (Å²) in [5.41, 5.74) is 1.52. The van der Waals surface area contributed by atoms with E-state index >= 15 is 0 Å². The molecule has 0 atom stereocenters. The molecular formula is C13H10N2O. The van der Waals surface area contributed by atoms with Crippen molar-refractivity contribution in [2.24, 2.45) is 0 Å². The number of hydrogen-bond donors (Lipinski definition) is 0. The van der Waals surface area contributed by atoms with Crippen molar-refractivity contribution in [1.82, 2.24) is 4.98 Å². The molecule has 0 spiro atoms. The number of ether oxygens (including phenoxy) is 1. The maximum absolute atomic E-state index is 8.75. The van der Waals surface area contributed by atoms with Crippen LogP contribution < -0.4 is 4.74 Å². The maximum atomic E-state index is 8.75. The first-order valence-electron chi connectivity index (χ1n) is 4.88. The normalized spacial score (nSPS) is 9.50. The van der Waals surface area contributed by atoms with Gasteiger partial charge in [-0.1, -0.05) is 6.07 Å². The van der Waals surface area contributed by atoms with Crippen LogP contribution in [0, 0.1) is 18.3 Å². The Morgan fingerprint density at radius 1 is 1.19 bits per heavy atom. The lowest BCUT2D eigenvalue weighted by atomic mass is 10.2. The standard InChI is InChI=1S/C13H10N2O/c1-10-5-6-13(9-15-10)16-12-4-2-3-11(7-12)8-14/h2-7,9H,1H3. The van der Waals surface area contributed by atoms with E-state index in [0.29, 0.717) is 17.1 Å². The molecule has 1 aromatic heterocycles. The Labute approximate surface area is 93.9 Å². The Bertz CT molecular complexity index is 526. The van der Waals surface area contributed by atoms with E-state index in [1.54, 1.807) is 30.5 Å². The Balaban J connectivity index is 2.21. The van der Waals surface area contributed by atoms with Crippen LogP contribution in [-0.2, 0) is 0 Å². The second-order valence-corrected chi connectivity index (χ2v) is 3.38. The summed E-state index contributed by atoms with van der Waals surface area (Å²) < 4.78 is 5.56. The molecule has 0 amide bonds. The average Bonchev–Trinajstić information content (AvgIpc) is 2.32. The zero-order valence-corrected chi connectivity index (χ0v) is 8.84. The van der Waals surface area contributed by atoms with Gasteiger partial charge in [-0.2, -0.15) is 5.26 Å². The topological polar surface area (TPSA) is 45.9 Å². The van der Waals surface area contributed by atoms with E-state index in [4.69, 9.17) is 10.00 Å². The Morgan fingerprint density at radius 2 is 2.06 bits per heavy atom. The first-order valence-corrected chi connectivity index (χ1v) is 4.88. The molecule has 2 rings (SSSR count). The summed E-state index contributed by atoms with van der Waals surface area (Å²) in [7, 11) is 0. The fraction of sp³-hybridized carbons (Fsp3) is 0.0769. The van der Waals surface area contributed by atoms with Crippen LogP contribution in [0.2, 0.25) is 0 Å². The minimum atomic E-state index is 0.581. The highest BCUT2D eigenvalue weighted by Crippen LogP contribution is 2.21. The first-order chi connectivity index (χ1) is 7.78. The van der Waals surface area contributed by atoms with Crippen LogP contribution in [0.5, 0.6) is 11.5 Å². The van der Waals surface area contributed by atoms with Crippen molar-refractivity contribution in [3.8, 4) is 17.6 Å². The summed E-state index contributed by atoms with van der Waals surface area (Å²) in [4.78, 5) is 4.13. The van der Waals surface area contributed by atoms with E-state index in [2.05, 4.69) is 11.1 Å². The van der Waals surface area contributed by atoms with Crippen molar-refractivity contribution in [2.75, 3.05) is 0 Å². The number of pyridine rings is 1.